The Hall–Kier alpha value is -1.46. The van der Waals surface area contributed by atoms with Crippen molar-refractivity contribution in [2.45, 2.75) is 44.4 Å². The number of carbonyl (C=O) groups excluding carboxylic acids is 1. The van der Waals surface area contributed by atoms with E-state index in [9.17, 15) is 9.18 Å². The van der Waals surface area contributed by atoms with Crippen LogP contribution in [0.2, 0.25) is 0 Å². The summed E-state index contributed by atoms with van der Waals surface area (Å²) in [5.41, 5.74) is 2.03. The molecule has 0 spiro atoms. The number of halogens is 1. The average molecular weight is 290 g/mol. The van der Waals surface area contributed by atoms with Crippen molar-refractivity contribution in [3.05, 3.63) is 29.1 Å². The summed E-state index contributed by atoms with van der Waals surface area (Å²) < 4.78 is 20.2. The Morgan fingerprint density at radius 1 is 1.38 bits per heavy atom. The van der Waals surface area contributed by atoms with E-state index in [4.69, 9.17) is 4.74 Å². The first-order chi connectivity index (χ1) is 10.2. The van der Waals surface area contributed by atoms with E-state index in [1.807, 2.05) is 6.07 Å². The quantitative estimate of drug-likeness (QED) is 0.875. The Morgan fingerprint density at radius 2 is 2.29 bits per heavy atom. The van der Waals surface area contributed by atoms with Crippen LogP contribution in [0.1, 0.15) is 30.4 Å². The highest BCUT2D eigenvalue weighted by atomic mass is 19.1. The van der Waals surface area contributed by atoms with Crippen LogP contribution < -0.4 is 10.6 Å². The molecule has 3 aliphatic heterocycles. The standard InChI is InChI=1S/C16H19FN2O2/c17-15-11-5-6-18-8-9(11)1-3-13(15)19-16(20)12-7-10-2-4-14(12)21-10/h1,3,10,12,14,18H,2,4-8H2,(H,19,20)/t10-,12-,14-/m1/s1. The summed E-state index contributed by atoms with van der Waals surface area (Å²) in [5, 5.41) is 5.99. The third kappa shape index (κ3) is 2.24. The molecule has 21 heavy (non-hydrogen) atoms. The second-order valence-corrected chi connectivity index (χ2v) is 6.20. The lowest BCUT2D eigenvalue weighted by Crippen LogP contribution is -2.31. The van der Waals surface area contributed by atoms with Crippen LogP contribution in [-0.2, 0) is 22.5 Å². The van der Waals surface area contributed by atoms with Crippen molar-refractivity contribution in [2.75, 3.05) is 11.9 Å². The first kappa shape index (κ1) is 13.2. The van der Waals surface area contributed by atoms with E-state index < -0.39 is 0 Å². The minimum Gasteiger partial charge on any atom is -0.374 e. The molecule has 1 aromatic rings. The number of hydrogen-bond acceptors (Lipinski definition) is 3. The van der Waals surface area contributed by atoms with E-state index >= 15 is 0 Å². The SMILES string of the molecule is O=C(Nc1ccc2c(c1F)CCNC2)[C@@H]1C[C@H]2CC[C@H]1O2. The fraction of sp³-hybridized carbons (Fsp3) is 0.562. The zero-order valence-electron chi connectivity index (χ0n) is 11.8. The second-order valence-electron chi connectivity index (χ2n) is 6.20. The summed E-state index contributed by atoms with van der Waals surface area (Å²) in [7, 11) is 0. The van der Waals surface area contributed by atoms with Crippen molar-refractivity contribution in [3.8, 4) is 0 Å². The van der Waals surface area contributed by atoms with Gasteiger partial charge in [0, 0.05) is 6.54 Å². The van der Waals surface area contributed by atoms with Gasteiger partial charge in [0.2, 0.25) is 5.91 Å². The molecule has 0 radical (unpaired) electrons. The summed E-state index contributed by atoms with van der Waals surface area (Å²) in [5.74, 6) is -0.498. The summed E-state index contributed by atoms with van der Waals surface area (Å²) >= 11 is 0. The smallest absolute Gasteiger partial charge is 0.230 e. The molecule has 3 heterocycles. The molecule has 3 aliphatic rings. The van der Waals surface area contributed by atoms with Gasteiger partial charge in [-0.3, -0.25) is 4.79 Å². The first-order valence-corrected chi connectivity index (χ1v) is 7.69. The van der Waals surface area contributed by atoms with E-state index in [1.54, 1.807) is 6.07 Å². The minimum atomic E-state index is -0.272. The van der Waals surface area contributed by atoms with Crippen LogP contribution in [0, 0.1) is 11.7 Å². The number of amides is 1. The molecule has 2 N–H and O–H groups in total. The predicted molar refractivity (Wildman–Crippen MR) is 76.4 cm³/mol. The van der Waals surface area contributed by atoms with Gasteiger partial charge in [0.05, 0.1) is 23.8 Å². The number of fused-ring (bicyclic) bond motifs is 3. The van der Waals surface area contributed by atoms with Gasteiger partial charge in [-0.25, -0.2) is 4.39 Å². The van der Waals surface area contributed by atoms with Gasteiger partial charge >= 0.3 is 0 Å². The van der Waals surface area contributed by atoms with E-state index in [1.165, 1.54) is 0 Å². The molecule has 4 rings (SSSR count). The largest absolute Gasteiger partial charge is 0.374 e. The second kappa shape index (κ2) is 5.07. The van der Waals surface area contributed by atoms with Crippen LogP contribution in [0.3, 0.4) is 0 Å². The third-order valence-electron chi connectivity index (χ3n) is 4.91. The number of rotatable bonds is 2. The Bertz CT molecular complexity index is 590. The van der Waals surface area contributed by atoms with E-state index in [2.05, 4.69) is 10.6 Å². The lowest BCUT2D eigenvalue weighted by atomic mass is 9.88. The number of nitrogens with one attached hydrogen (secondary N) is 2. The van der Waals surface area contributed by atoms with Gasteiger partial charge in [-0.2, -0.15) is 0 Å². The Morgan fingerprint density at radius 3 is 3.05 bits per heavy atom. The highest BCUT2D eigenvalue weighted by Gasteiger charge is 2.44. The van der Waals surface area contributed by atoms with Crippen LogP contribution >= 0.6 is 0 Å². The van der Waals surface area contributed by atoms with Gasteiger partial charge in [0.25, 0.3) is 0 Å². The molecule has 0 aliphatic carbocycles. The Balaban J connectivity index is 1.53. The molecule has 4 nitrogen and oxygen atoms in total. The highest BCUT2D eigenvalue weighted by Crippen LogP contribution is 2.39. The number of ether oxygens (including phenoxy) is 1. The van der Waals surface area contributed by atoms with Crippen molar-refractivity contribution in [2.24, 2.45) is 5.92 Å². The number of benzene rings is 1. The van der Waals surface area contributed by atoms with Crippen molar-refractivity contribution in [1.29, 1.82) is 0 Å². The van der Waals surface area contributed by atoms with Crippen LogP contribution in [-0.4, -0.2) is 24.7 Å². The Kier molecular flexibility index (Phi) is 3.19. The van der Waals surface area contributed by atoms with Gasteiger partial charge in [-0.05, 0) is 49.4 Å². The van der Waals surface area contributed by atoms with Crippen LogP contribution in [0.4, 0.5) is 10.1 Å². The molecule has 1 aromatic carbocycles. The monoisotopic (exact) mass is 290 g/mol. The molecule has 5 heteroatoms. The molecule has 0 unspecified atom stereocenters. The molecular formula is C16H19FN2O2. The average Bonchev–Trinajstić information content (AvgIpc) is 3.13. The number of carbonyl (C=O) groups is 1. The lowest BCUT2D eigenvalue weighted by molar-refractivity contribution is -0.121. The van der Waals surface area contributed by atoms with Crippen LogP contribution in [0.25, 0.3) is 0 Å². The summed E-state index contributed by atoms with van der Waals surface area (Å²) in [6, 6.07) is 3.57. The van der Waals surface area contributed by atoms with Gasteiger partial charge in [-0.15, -0.1) is 0 Å². The zero-order chi connectivity index (χ0) is 14.4. The number of anilines is 1. The topological polar surface area (TPSA) is 50.4 Å². The van der Waals surface area contributed by atoms with Gasteiger partial charge in [-0.1, -0.05) is 6.07 Å². The fourth-order valence-corrected chi connectivity index (χ4v) is 3.77. The molecule has 0 saturated carbocycles. The third-order valence-corrected chi connectivity index (χ3v) is 4.91. The van der Waals surface area contributed by atoms with Crippen molar-refractivity contribution in [1.82, 2.24) is 5.32 Å². The highest BCUT2D eigenvalue weighted by molar-refractivity contribution is 5.93. The molecule has 3 atom stereocenters. The Labute approximate surface area is 123 Å². The van der Waals surface area contributed by atoms with Crippen molar-refractivity contribution < 1.29 is 13.9 Å². The molecule has 1 amide bonds. The summed E-state index contributed by atoms with van der Waals surface area (Å²) in [6.45, 7) is 1.47. The predicted octanol–water partition coefficient (Wildman–Crippen LogP) is 1.98. The molecule has 0 aromatic heterocycles. The van der Waals surface area contributed by atoms with Gasteiger partial charge < -0.3 is 15.4 Å². The van der Waals surface area contributed by atoms with E-state index in [0.29, 0.717) is 18.7 Å². The molecule has 2 bridgehead atoms. The van der Waals surface area contributed by atoms with Crippen LogP contribution in [0.5, 0.6) is 0 Å². The normalized spacial score (nSPS) is 30.2. The van der Waals surface area contributed by atoms with Crippen LogP contribution in [0.15, 0.2) is 12.1 Å². The fourth-order valence-electron chi connectivity index (χ4n) is 3.77. The maximum Gasteiger partial charge on any atom is 0.230 e. The van der Waals surface area contributed by atoms with Gasteiger partial charge in [0.15, 0.2) is 0 Å². The molecule has 112 valence electrons. The van der Waals surface area contributed by atoms with Gasteiger partial charge in [0.1, 0.15) is 5.82 Å². The lowest BCUT2D eigenvalue weighted by Gasteiger charge is -2.21. The van der Waals surface area contributed by atoms with Crippen molar-refractivity contribution >= 4 is 11.6 Å². The first-order valence-electron chi connectivity index (χ1n) is 7.69. The molecular weight excluding hydrogens is 271 g/mol. The molecule has 2 fully saturated rings. The zero-order valence-corrected chi connectivity index (χ0v) is 11.8. The summed E-state index contributed by atoms with van der Waals surface area (Å²) in [6.07, 6.45) is 3.69. The summed E-state index contributed by atoms with van der Waals surface area (Å²) in [4.78, 5) is 12.4. The maximum atomic E-state index is 14.5. The minimum absolute atomic E-state index is 0.0277. The van der Waals surface area contributed by atoms with E-state index in [0.717, 1.165) is 36.9 Å². The van der Waals surface area contributed by atoms with Crippen molar-refractivity contribution in [3.63, 3.8) is 0 Å². The van der Waals surface area contributed by atoms with E-state index in [-0.39, 0.29) is 29.9 Å². The maximum absolute atomic E-state index is 14.5. The molecule has 2 saturated heterocycles. The number of hydrogen-bond donors (Lipinski definition) is 2.